The minimum Gasteiger partial charge on any atom is -0.481 e. The van der Waals surface area contributed by atoms with Gasteiger partial charge < -0.3 is 9.66 Å². The van der Waals surface area contributed by atoms with Gasteiger partial charge in [-0.2, -0.15) is 0 Å². The molecule has 0 amide bonds. The third-order valence-electron chi connectivity index (χ3n) is 1.61. The van der Waals surface area contributed by atoms with Crippen LogP contribution in [-0.2, 0) is 22.3 Å². The monoisotopic (exact) mass is 268 g/mol. The van der Waals surface area contributed by atoms with Crippen LogP contribution in [0.3, 0.4) is 0 Å². The molecule has 0 aliphatic carbocycles. The van der Waals surface area contributed by atoms with Gasteiger partial charge in [-0.15, -0.1) is 0 Å². The van der Waals surface area contributed by atoms with Crippen molar-refractivity contribution in [2.45, 2.75) is 11.3 Å². The molecule has 1 aromatic rings. The van der Waals surface area contributed by atoms with Crippen LogP contribution in [0.25, 0.3) is 0 Å². The smallest absolute Gasteiger partial charge is 0.307 e. The molecule has 0 spiro atoms. The van der Waals surface area contributed by atoms with Crippen molar-refractivity contribution >= 4 is 40.3 Å². The van der Waals surface area contributed by atoms with Gasteiger partial charge in [0.05, 0.1) is 16.3 Å². The Bertz CT molecular complexity index is 433. The summed E-state index contributed by atoms with van der Waals surface area (Å²) in [5, 5.41) is 8.71. The standard InChI is InChI=1S/C8H6Cl2O4S/c9-5-1-4(2-7(11)12)8(10)6(3-5)15(13)14/h1,3H,2H2,(H,11,12)(H,13,14). The van der Waals surface area contributed by atoms with E-state index in [1.807, 2.05) is 0 Å². The van der Waals surface area contributed by atoms with E-state index in [1.165, 1.54) is 12.1 Å². The minimum absolute atomic E-state index is 0.0392. The van der Waals surface area contributed by atoms with Crippen LogP contribution in [0.15, 0.2) is 17.0 Å². The largest absolute Gasteiger partial charge is 0.481 e. The second-order valence-corrected chi connectivity index (χ2v) is 4.45. The van der Waals surface area contributed by atoms with E-state index in [0.717, 1.165) is 0 Å². The zero-order valence-electron chi connectivity index (χ0n) is 7.24. The van der Waals surface area contributed by atoms with Crippen LogP contribution < -0.4 is 0 Å². The molecule has 82 valence electrons. The van der Waals surface area contributed by atoms with E-state index >= 15 is 0 Å². The molecule has 1 atom stereocenters. The van der Waals surface area contributed by atoms with Crippen LogP contribution in [0.1, 0.15) is 5.56 Å². The third-order valence-corrected chi connectivity index (χ3v) is 3.08. The lowest BCUT2D eigenvalue weighted by Crippen LogP contribution is -2.03. The second-order valence-electron chi connectivity index (χ2n) is 2.70. The van der Waals surface area contributed by atoms with Crippen LogP contribution in [-0.4, -0.2) is 19.8 Å². The molecule has 0 bridgehead atoms. The average molecular weight is 269 g/mol. The predicted octanol–water partition coefficient (Wildman–Crippen LogP) is 2.20. The van der Waals surface area contributed by atoms with Gasteiger partial charge in [0.25, 0.3) is 0 Å². The number of hydrogen-bond acceptors (Lipinski definition) is 2. The van der Waals surface area contributed by atoms with E-state index in [4.69, 9.17) is 32.9 Å². The number of hydrogen-bond donors (Lipinski definition) is 2. The number of carboxylic acid groups (broad SMARTS) is 1. The summed E-state index contributed by atoms with van der Waals surface area (Å²) in [5.41, 5.74) is 0.217. The van der Waals surface area contributed by atoms with Crippen LogP contribution in [0, 0.1) is 0 Å². The first-order valence-electron chi connectivity index (χ1n) is 3.72. The zero-order chi connectivity index (χ0) is 11.6. The van der Waals surface area contributed by atoms with Gasteiger partial charge in [0.1, 0.15) is 0 Å². The highest BCUT2D eigenvalue weighted by atomic mass is 35.5. The quantitative estimate of drug-likeness (QED) is 0.825. The fourth-order valence-corrected chi connectivity index (χ4v) is 2.23. The molecule has 0 saturated heterocycles. The molecule has 2 N–H and O–H groups in total. The summed E-state index contributed by atoms with van der Waals surface area (Å²) in [4.78, 5) is 10.4. The molecule has 0 aliphatic heterocycles. The van der Waals surface area contributed by atoms with Gasteiger partial charge in [-0.25, -0.2) is 4.21 Å². The van der Waals surface area contributed by atoms with E-state index in [1.54, 1.807) is 0 Å². The Morgan fingerprint density at radius 3 is 2.47 bits per heavy atom. The van der Waals surface area contributed by atoms with Crippen molar-refractivity contribution in [3.8, 4) is 0 Å². The minimum atomic E-state index is -2.29. The Kier molecular flexibility index (Phi) is 4.10. The highest BCUT2D eigenvalue weighted by Gasteiger charge is 2.14. The summed E-state index contributed by atoms with van der Waals surface area (Å²) in [5.74, 6) is -1.09. The Balaban J connectivity index is 3.28. The molecule has 0 fully saturated rings. The molecule has 0 radical (unpaired) electrons. The number of carboxylic acids is 1. The molecule has 0 aliphatic rings. The maximum atomic E-state index is 10.8. The molecule has 15 heavy (non-hydrogen) atoms. The molecular weight excluding hydrogens is 263 g/mol. The highest BCUT2D eigenvalue weighted by Crippen LogP contribution is 2.28. The molecule has 7 heteroatoms. The van der Waals surface area contributed by atoms with E-state index < -0.39 is 17.0 Å². The highest BCUT2D eigenvalue weighted by molar-refractivity contribution is 7.79. The van der Waals surface area contributed by atoms with Crippen molar-refractivity contribution < 1.29 is 18.7 Å². The summed E-state index contributed by atoms with van der Waals surface area (Å²) in [6.07, 6.45) is -0.344. The maximum absolute atomic E-state index is 10.8. The zero-order valence-corrected chi connectivity index (χ0v) is 9.57. The normalized spacial score (nSPS) is 12.5. The van der Waals surface area contributed by atoms with Crippen molar-refractivity contribution in [3.63, 3.8) is 0 Å². The molecule has 0 heterocycles. The lowest BCUT2D eigenvalue weighted by molar-refractivity contribution is -0.136. The molecule has 0 saturated carbocycles. The number of aliphatic carboxylic acids is 1. The molecule has 1 unspecified atom stereocenters. The summed E-state index contributed by atoms with van der Waals surface area (Å²) >= 11 is 9.11. The number of halogens is 2. The first-order chi connectivity index (χ1) is 6.91. The summed E-state index contributed by atoms with van der Waals surface area (Å²) < 4.78 is 19.7. The lowest BCUT2D eigenvalue weighted by Gasteiger charge is -2.06. The van der Waals surface area contributed by atoms with E-state index in [2.05, 4.69) is 0 Å². The molecular formula is C8H6Cl2O4S. The van der Waals surface area contributed by atoms with Gasteiger partial charge in [0.2, 0.25) is 0 Å². The number of benzene rings is 1. The summed E-state index contributed by atoms with van der Waals surface area (Å²) in [6.45, 7) is 0. The van der Waals surface area contributed by atoms with Crippen LogP contribution in [0.4, 0.5) is 0 Å². The van der Waals surface area contributed by atoms with E-state index in [0.29, 0.717) is 0 Å². The van der Waals surface area contributed by atoms with Crippen molar-refractivity contribution in [1.82, 2.24) is 0 Å². The van der Waals surface area contributed by atoms with Gasteiger partial charge in [0, 0.05) is 5.02 Å². The van der Waals surface area contributed by atoms with Crippen LogP contribution >= 0.6 is 23.2 Å². The van der Waals surface area contributed by atoms with Gasteiger partial charge >= 0.3 is 5.97 Å². The number of rotatable bonds is 3. The molecule has 4 nitrogen and oxygen atoms in total. The summed E-state index contributed by atoms with van der Waals surface area (Å²) in [7, 11) is 0. The average Bonchev–Trinajstić information content (AvgIpc) is 2.09. The van der Waals surface area contributed by atoms with Crippen molar-refractivity contribution in [3.05, 3.63) is 27.7 Å². The van der Waals surface area contributed by atoms with Gasteiger partial charge in [-0.05, 0) is 17.7 Å². The molecule has 1 rings (SSSR count). The van der Waals surface area contributed by atoms with Crippen molar-refractivity contribution in [2.75, 3.05) is 0 Å². The van der Waals surface area contributed by atoms with Crippen molar-refractivity contribution in [2.24, 2.45) is 0 Å². The first-order valence-corrected chi connectivity index (χ1v) is 5.58. The van der Waals surface area contributed by atoms with E-state index in [9.17, 15) is 9.00 Å². The first kappa shape index (κ1) is 12.4. The van der Waals surface area contributed by atoms with Crippen molar-refractivity contribution in [1.29, 1.82) is 0 Å². The molecule has 0 aromatic heterocycles. The second kappa shape index (κ2) is 4.94. The van der Waals surface area contributed by atoms with Crippen LogP contribution in [0.2, 0.25) is 10.0 Å². The Hall–Kier alpha value is -0.620. The Morgan fingerprint density at radius 2 is 2.00 bits per heavy atom. The predicted molar refractivity (Wildman–Crippen MR) is 56.8 cm³/mol. The fourth-order valence-electron chi connectivity index (χ4n) is 1.04. The molecule has 1 aromatic carbocycles. The Morgan fingerprint density at radius 1 is 1.40 bits per heavy atom. The third kappa shape index (κ3) is 3.17. The number of carbonyl (C=O) groups is 1. The fraction of sp³-hybridized carbons (Fsp3) is 0.125. The SMILES string of the molecule is O=C(O)Cc1cc(Cl)cc(S(=O)O)c1Cl. The Labute approximate surface area is 98.1 Å². The van der Waals surface area contributed by atoms with Crippen LogP contribution in [0.5, 0.6) is 0 Å². The van der Waals surface area contributed by atoms with Gasteiger partial charge in [0.15, 0.2) is 11.1 Å². The van der Waals surface area contributed by atoms with Gasteiger partial charge in [-0.1, -0.05) is 23.2 Å². The summed E-state index contributed by atoms with van der Waals surface area (Å²) in [6, 6.07) is 2.58. The van der Waals surface area contributed by atoms with Gasteiger partial charge in [-0.3, -0.25) is 4.79 Å². The maximum Gasteiger partial charge on any atom is 0.307 e. The topological polar surface area (TPSA) is 74.6 Å². The van der Waals surface area contributed by atoms with E-state index in [-0.39, 0.29) is 26.9 Å². The lowest BCUT2D eigenvalue weighted by atomic mass is 10.1.